The van der Waals surface area contributed by atoms with Gasteiger partial charge in [0.05, 0.1) is 6.04 Å². The van der Waals surface area contributed by atoms with Crippen molar-refractivity contribution in [3.8, 4) is 0 Å². The molecule has 1 saturated heterocycles. The highest BCUT2D eigenvalue weighted by molar-refractivity contribution is 7.13. The van der Waals surface area contributed by atoms with Gasteiger partial charge < -0.3 is 15.5 Å². The lowest BCUT2D eigenvalue weighted by Gasteiger charge is -2.31. The highest BCUT2D eigenvalue weighted by atomic mass is 32.1. The van der Waals surface area contributed by atoms with Crippen LogP contribution in [0.3, 0.4) is 0 Å². The molecule has 1 aliphatic heterocycles. The quantitative estimate of drug-likeness (QED) is 0.844. The number of benzene rings is 1. The highest BCUT2D eigenvalue weighted by Gasteiger charge is 2.17. The predicted molar refractivity (Wildman–Crippen MR) is 99.6 cm³/mol. The summed E-state index contributed by atoms with van der Waals surface area (Å²) < 4.78 is 0. The maximum Gasteiger partial charge on any atom is 0.243 e. The van der Waals surface area contributed by atoms with Crippen molar-refractivity contribution in [3.05, 3.63) is 41.4 Å². The zero-order valence-corrected chi connectivity index (χ0v) is 14.8. The fourth-order valence-corrected chi connectivity index (χ4v) is 3.49. The number of carbonyl (C=O) groups excluding carboxylic acids is 1. The van der Waals surface area contributed by atoms with E-state index in [1.165, 1.54) is 41.9 Å². The number of aromatic nitrogens is 1. The third-order valence-electron chi connectivity index (χ3n) is 4.34. The average molecular weight is 344 g/mol. The summed E-state index contributed by atoms with van der Waals surface area (Å²) in [5.41, 5.74) is 2.53. The van der Waals surface area contributed by atoms with Crippen molar-refractivity contribution in [2.24, 2.45) is 0 Å². The van der Waals surface area contributed by atoms with Crippen LogP contribution in [0.25, 0.3) is 0 Å². The lowest BCUT2D eigenvalue weighted by atomic mass is 10.1. The van der Waals surface area contributed by atoms with Crippen molar-refractivity contribution in [2.45, 2.75) is 38.8 Å². The van der Waals surface area contributed by atoms with Crippen LogP contribution < -0.4 is 15.5 Å². The average Bonchev–Trinajstić information content (AvgIpc) is 3.13. The fourth-order valence-electron chi connectivity index (χ4n) is 2.96. The molecule has 0 spiro atoms. The first-order valence-corrected chi connectivity index (χ1v) is 9.38. The molecule has 0 radical (unpaired) electrons. The topological polar surface area (TPSA) is 57.3 Å². The molecule has 1 atom stereocenters. The SMILES string of the molecule is C[C@@H](NCc1ccccc1N1CCCCC1)C(=O)Nc1nccs1. The monoisotopic (exact) mass is 344 g/mol. The van der Waals surface area contributed by atoms with Crippen molar-refractivity contribution in [3.63, 3.8) is 0 Å². The first-order valence-electron chi connectivity index (χ1n) is 8.50. The highest BCUT2D eigenvalue weighted by Crippen LogP contribution is 2.24. The molecule has 1 aromatic heterocycles. The molecule has 0 unspecified atom stereocenters. The Labute approximate surface area is 147 Å². The Balaban J connectivity index is 1.58. The van der Waals surface area contributed by atoms with Gasteiger partial charge in [0.25, 0.3) is 0 Å². The molecule has 1 aromatic carbocycles. The van der Waals surface area contributed by atoms with Crippen LogP contribution in [-0.4, -0.2) is 30.0 Å². The van der Waals surface area contributed by atoms with E-state index in [0.717, 1.165) is 13.1 Å². The van der Waals surface area contributed by atoms with E-state index in [4.69, 9.17) is 0 Å². The zero-order valence-electron chi connectivity index (χ0n) is 14.0. The molecule has 24 heavy (non-hydrogen) atoms. The Morgan fingerprint density at radius 2 is 2.08 bits per heavy atom. The second-order valence-corrected chi connectivity index (χ2v) is 7.00. The molecular formula is C18H24N4OS. The molecule has 128 valence electrons. The number of nitrogens with one attached hydrogen (secondary N) is 2. The number of para-hydroxylation sites is 1. The van der Waals surface area contributed by atoms with Gasteiger partial charge in [0.2, 0.25) is 5.91 Å². The van der Waals surface area contributed by atoms with E-state index in [0.29, 0.717) is 11.7 Å². The number of amides is 1. The van der Waals surface area contributed by atoms with E-state index in [1.807, 2.05) is 12.3 Å². The van der Waals surface area contributed by atoms with E-state index in [9.17, 15) is 4.79 Å². The summed E-state index contributed by atoms with van der Waals surface area (Å²) in [7, 11) is 0. The van der Waals surface area contributed by atoms with Gasteiger partial charge in [0.1, 0.15) is 0 Å². The largest absolute Gasteiger partial charge is 0.371 e. The number of rotatable bonds is 6. The van der Waals surface area contributed by atoms with Crippen LogP contribution in [-0.2, 0) is 11.3 Å². The van der Waals surface area contributed by atoms with Crippen molar-refractivity contribution in [2.75, 3.05) is 23.3 Å². The van der Waals surface area contributed by atoms with Gasteiger partial charge in [-0.1, -0.05) is 18.2 Å². The van der Waals surface area contributed by atoms with Crippen molar-refractivity contribution >= 4 is 28.1 Å². The van der Waals surface area contributed by atoms with Crippen LogP contribution in [0, 0.1) is 0 Å². The van der Waals surface area contributed by atoms with E-state index in [1.54, 1.807) is 6.20 Å². The molecule has 3 rings (SSSR count). The normalized spacial score (nSPS) is 16.0. The van der Waals surface area contributed by atoms with Crippen LogP contribution in [0.1, 0.15) is 31.7 Å². The van der Waals surface area contributed by atoms with Gasteiger partial charge in [-0.2, -0.15) is 0 Å². The minimum absolute atomic E-state index is 0.0552. The smallest absolute Gasteiger partial charge is 0.243 e. The lowest BCUT2D eigenvalue weighted by molar-refractivity contribution is -0.117. The van der Waals surface area contributed by atoms with Crippen molar-refractivity contribution in [1.29, 1.82) is 0 Å². The second-order valence-electron chi connectivity index (χ2n) is 6.11. The molecule has 5 nitrogen and oxygen atoms in total. The standard InChI is InChI=1S/C18H24N4OS/c1-14(17(23)21-18-19-9-12-24-18)20-13-15-7-3-4-8-16(15)22-10-5-2-6-11-22/h3-4,7-9,12,14,20H,2,5-6,10-11,13H2,1H3,(H,19,21,23)/t14-/m1/s1. The molecule has 2 heterocycles. The summed E-state index contributed by atoms with van der Waals surface area (Å²) in [5, 5.41) is 8.65. The van der Waals surface area contributed by atoms with Gasteiger partial charge in [0.15, 0.2) is 5.13 Å². The number of piperidine rings is 1. The van der Waals surface area contributed by atoms with Crippen LogP contribution in [0.2, 0.25) is 0 Å². The maximum absolute atomic E-state index is 12.2. The predicted octanol–water partition coefficient (Wildman–Crippen LogP) is 3.25. The Morgan fingerprint density at radius 3 is 2.83 bits per heavy atom. The molecule has 0 aliphatic carbocycles. The molecular weight excluding hydrogens is 320 g/mol. The van der Waals surface area contributed by atoms with E-state index in [2.05, 4.69) is 44.8 Å². The summed E-state index contributed by atoms with van der Waals surface area (Å²) in [4.78, 5) is 18.7. The van der Waals surface area contributed by atoms with Gasteiger partial charge >= 0.3 is 0 Å². The van der Waals surface area contributed by atoms with Crippen LogP contribution in [0.5, 0.6) is 0 Å². The summed E-state index contributed by atoms with van der Waals surface area (Å²) in [6, 6.07) is 8.20. The summed E-state index contributed by atoms with van der Waals surface area (Å²) >= 11 is 1.43. The molecule has 2 N–H and O–H groups in total. The number of hydrogen-bond donors (Lipinski definition) is 2. The molecule has 1 fully saturated rings. The van der Waals surface area contributed by atoms with E-state index >= 15 is 0 Å². The molecule has 0 bridgehead atoms. The van der Waals surface area contributed by atoms with Gasteiger partial charge in [-0.15, -0.1) is 11.3 Å². The Morgan fingerprint density at radius 1 is 1.29 bits per heavy atom. The molecule has 0 saturated carbocycles. The van der Waals surface area contributed by atoms with E-state index in [-0.39, 0.29) is 11.9 Å². The molecule has 1 amide bonds. The van der Waals surface area contributed by atoms with Gasteiger partial charge in [-0.25, -0.2) is 4.98 Å². The zero-order chi connectivity index (χ0) is 16.8. The summed E-state index contributed by atoms with van der Waals surface area (Å²) in [6.07, 6.45) is 5.53. The number of hydrogen-bond acceptors (Lipinski definition) is 5. The maximum atomic E-state index is 12.2. The van der Waals surface area contributed by atoms with Gasteiger partial charge in [0, 0.05) is 36.9 Å². The second kappa shape index (κ2) is 8.26. The van der Waals surface area contributed by atoms with Crippen molar-refractivity contribution < 1.29 is 4.79 Å². The summed E-state index contributed by atoms with van der Waals surface area (Å²) in [6.45, 7) is 4.81. The first-order chi connectivity index (χ1) is 11.7. The number of carbonyl (C=O) groups is 1. The molecule has 6 heteroatoms. The molecule has 1 aliphatic rings. The van der Waals surface area contributed by atoms with Crippen LogP contribution in [0.4, 0.5) is 10.8 Å². The first kappa shape index (κ1) is 16.9. The van der Waals surface area contributed by atoms with E-state index < -0.39 is 0 Å². The minimum atomic E-state index is -0.275. The van der Waals surface area contributed by atoms with Crippen LogP contribution >= 0.6 is 11.3 Å². The third-order valence-corrected chi connectivity index (χ3v) is 5.03. The van der Waals surface area contributed by atoms with Crippen molar-refractivity contribution in [1.82, 2.24) is 10.3 Å². The van der Waals surface area contributed by atoms with Gasteiger partial charge in [-0.3, -0.25) is 4.79 Å². The Kier molecular flexibility index (Phi) is 5.82. The lowest BCUT2D eigenvalue weighted by Crippen LogP contribution is -2.38. The number of anilines is 2. The van der Waals surface area contributed by atoms with Gasteiger partial charge in [-0.05, 0) is 37.8 Å². The molecule has 2 aromatic rings. The number of nitrogens with zero attached hydrogens (tertiary/aromatic N) is 2. The minimum Gasteiger partial charge on any atom is -0.371 e. The Hall–Kier alpha value is -1.92. The Bertz CT molecular complexity index is 653. The van der Waals surface area contributed by atoms with Crippen LogP contribution in [0.15, 0.2) is 35.8 Å². The fraction of sp³-hybridized carbons (Fsp3) is 0.444. The third kappa shape index (κ3) is 4.33. The summed E-state index contributed by atoms with van der Waals surface area (Å²) in [5.74, 6) is -0.0552. The number of thiazole rings is 1.